The third-order valence-corrected chi connectivity index (χ3v) is 1.81. The highest BCUT2D eigenvalue weighted by molar-refractivity contribution is 5.74. The molecule has 12 heavy (non-hydrogen) atoms. The van der Waals surface area contributed by atoms with Crippen LogP contribution in [0.15, 0.2) is 35.3 Å². The van der Waals surface area contributed by atoms with Crippen LogP contribution in [0.3, 0.4) is 0 Å². The Morgan fingerprint density at radius 1 is 1.33 bits per heavy atom. The highest BCUT2D eigenvalue weighted by Gasteiger charge is 1.97. The smallest absolute Gasteiger partial charge is 0.0802 e. The van der Waals surface area contributed by atoms with Crippen LogP contribution >= 0.6 is 0 Å². The highest BCUT2D eigenvalue weighted by atomic mass is 14.7. The van der Waals surface area contributed by atoms with Gasteiger partial charge in [-0.1, -0.05) is 23.8 Å². The molecule has 0 aromatic heterocycles. The number of fused-ring (bicyclic) bond motifs is 1. The summed E-state index contributed by atoms with van der Waals surface area (Å²) in [7, 11) is 0. The molecule has 0 aliphatic carbocycles. The first kappa shape index (κ1) is 7.08. The normalized spacial score (nSPS) is 12.8. The fourth-order valence-electron chi connectivity index (χ4n) is 1.21. The van der Waals surface area contributed by atoms with Gasteiger partial charge < -0.3 is 0 Å². The monoisotopic (exact) mass is 155 g/mol. The summed E-state index contributed by atoms with van der Waals surface area (Å²) < 4.78 is 0. The second-order valence-electron chi connectivity index (χ2n) is 2.83. The summed E-state index contributed by atoms with van der Waals surface area (Å²) in [6, 6.07) is 6.19. The lowest BCUT2D eigenvalue weighted by Crippen LogP contribution is -1.76. The average Bonchev–Trinajstić information content (AvgIpc) is 2.28. The molecule has 0 saturated carbocycles. The first-order valence-corrected chi connectivity index (χ1v) is 3.93. The predicted molar refractivity (Wildman–Crippen MR) is 51.9 cm³/mol. The van der Waals surface area contributed by atoms with Gasteiger partial charge in [0, 0.05) is 5.56 Å². The molecule has 0 spiro atoms. The van der Waals surface area contributed by atoms with Crippen LogP contribution in [0, 0.1) is 6.92 Å². The van der Waals surface area contributed by atoms with E-state index in [0.717, 1.165) is 11.3 Å². The van der Waals surface area contributed by atoms with Crippen LogP contribution in [0.25, 0.3) is 6.08 Å². The van der Waals surface area contributed by atoms with Crippen molar-refractivity contribution in [3.05, 3.63) is 41.5 Å². The number of aryl methyl sites for hydroxylation is 1. The Bertz CT molecular complexity index is 393. The van der Waals surface area contributed by atoms with Crippen LogP contribution in [0.5, 0.6) is 0 Å². The number of hydrogen-bond donors (Lipinski definition) is 0. The number of hydrogen-bond acceptors (Lipinski definition) is 1. The van der Waals surface area contributed by atoms with Gasteiger partial charge in [0.25, 0.3) is 0 Å². The molecule has 0 bridgehead atoms. The van der Waals surface area contributed by atoms with Gasteiger partial charge in [0.1, 0.15) is 0 Å². The second-order valence-corrected chi connectivity index (χ2v) is 2.83. The number of nitrogens with zero attached hydrogens (tertiary/aromatic N) is 1. The van der Waals surface area contributed by atoms with E-state index in [0.29, 0.717) is 0 Å². The number of aliphatic imine (C=N–C) groups is 1. The third-order valence-electron chi connectivity index (χ3n) is 1.81. The highest BCUT2D eigenvalue weighted by Crippen LogP contribution is 2.22. The lowest BCUT2D eigenvalue weighted by atomic mass is 10.1. The van der Waals surface area contributed by atoms with Crippen molar-refractivity contribution in [2.24, 2.45) is 4.99 Å². The molecule has 0 atom stereocenters. The maximum absolute atomic E-state index is 4.16. The number of rotatable bonds is 0. The van der Waals surface area contributed by atoms with Crippen molar-refractivity contribution >= 4 is 17.6 Å². The lowest BCUT2D eigenvalue weighted by molar-refractivity contribution is 1.43. The molecule has 58 valence electrons. The summed E-state index contributed by atoms with van der Waals surface area (Å²) in [5.41, 5.74) is 3.41. The van der Waals surface area contributed by atoms with E-state index in [-0.39, 0.29) is 0 Å². The molecule has 0 saturated heterocycles. The molecule has 0 radical (unpaired) electrons. The molecular formula is C11H9N. The van der Waals surface area contributed by atoms with Crippen molar-refractivity contribution in [3.8, 4) is 0 Å². The summed E-state index contributed by atoms with van der Waals surface area (Å²) in [6.07, 6.45) is 5.82. The molecule has 1 nitrogen and oxygen atoms in total. The SMILES string of the molecule is Cc1ccc2c(c1)C=CC=C=N2. The van der Waals surface area contributed by atoms with Gasteiger partial charge in [0.2, 0.25) is 0 Å². The van der Waals surface area contributed by atoms with E-state index in [1.54, 1.807) is 0 Å². The molecule has 1 aliphatic rings. The fourth-order valence-corrected chi connectivity index (χ4v) is 1.21. The number of benzene rings is 1. The molecule has 2 rings (SSSR count). The lowest BCUT2D eigenvalue weighted by Gasteiger charge is -1.99. The molecular weight excluding hydrogens is 146 g/mol. The van der Waals surface area contributed by atoms with Gasteiger partial charge in [-0.15, -0.1) is 0 Å². The second kappa shape index (κ2) is 2.80. The summed E-state index contributed by atoms with van der Waals surface area (Å²) >= 11 is 0. The van der Waals surface area contributed by atoms with Crippen LogP contribution in [0.2, 0.25) is 0 Å². The summed E-state index contributed by atoms with van der Waals surface area (Å²) in [4.78, 5) is 4.16. The molecule has 0 unspecified atom stereocenters. The van der Waals surface area contributed by atoms with E-state index in [1.165, 1.54) is 5.56 Å². The Hall–Kier alpha value is -1.59. The Kier molecular flexibility index (Phi) is 1.65. The zero-order chi connectivity index (χ0) is 8.39. The van der Waals surface area contributed by atoms with Gasteiger partial charge in [0.05, 0.1) is 5.69 Å². The quantitative estimate of drug-likeness (QED) is 0.546. The van der Waals surface area contributed by atoms with Crippen molar-refractivity contribution in [2.45, 2.75) is 6.92 Å². The first-order valence-electron chi connectivity index (χ1n) is 3.93. The van der Waals surface area contributed by atoms with Crippen molar-refractivity contribution in [2.75, 3.05) is 0 Å². The number of allylic oxidation sites excluding steroid dienone is 2. The first-order chi connectivity index (χ1) is 5.86. The van der Waals surface area contributed by atoms with Crippen LogP contribution in [0.1, 0.15) is 11.1 Å². The van der Waals surface area contributed by atoms with E-state index in [1.807, 2.05) is 24.3 Å². The predicted octanol–water partition coefficient (Wildman–Crippen LogP) is 2.88. The van der Waals surface area contributed by atoms with Crippen LogP contribution < -0.4 is 0 Å². The van der Waals surface area contributed by atoms with Gasteiger partial charge in [-0.25, -0.2) is 4.99 Å². The van der Waals surface area contributed by atoms with E-state index < -0.39 is 0 Å². The van der Waals surface area contributed by atoms with Crippen molar-refractivity contribution < 1.29 is 0 Å². The standard InChI is InChI=1S/C11H9N/c1-9-5-6-11-10(8-9)4-2-3-7-12-11/h2-6,8H,1H3. The van der Waals surface area contributed by atoms with Gasteiger partial charge in [0.15, 0.2) is 0 Å². The average molecular weight is 155 g/mol. The summed E-state index contributed by atoms with van der Waals surface area (Å²) in [5, 5.41) is 0. The molecule has 0 amide bonds. The Morgan fingerprint density at radius 3 is 3.17 bits per heavy atom. The Balaban J connectivity index is 2.65. The Morgan fingerprint density at radius 2 is 2.25 bits per heavy atom. The minimum Gasteiger partial charge on any atom is -0.206 e. The van der Waals surface area contributed by atoms with Crippen molar-refractivity contribution in [1.82, 2.24) is 0 Å². The Labute approximate surface area is 71.8 Å². The zero-order valence-corrected chi connectivity index (χ0v) is 6.91. The van der Waals surface area contributed by atoms with E-state index in [4.69, 9.17) is 0 Å². The zero-order valence-electron chi connectivity index (χ0n) is 6.91. The largest absolute Gasteiger partial charge is 0.206 e. The molecule has 1 aliphatic heterocycles. The minimum absolute atomic E-state index is 0.991. The van der Waals surface area contributed by atoms with Crippen LogP contribution in [0.4, 0.5) is 5.69 Å². The molecule has 1 aromatic carbocycles. The fraction of sp³-hybridized carbons (Fsp3) is 0.0909. The maximum atomic E-state index is 4.16. The molecule has 0 fully saturated rings. The van der Waals surface area contributed by atoms with Crippen molar-refractivity contribution in [1.29, 1.82) is 0 Å². The van der Waals surface area contributed by atoms with Crippen LogP contribution in [-0.2, 0) is 0 Å². The van der Waals surface area contributed by atoms with Crippen LogP contribution in [-0.4, -0.2) is 5.87 Å². The van der Waals surface area contributed by atoms with Gasteiger partial charge in [-0.2, -0.15) is 0 Å². The van der Waals surface area contributed by atoms with Gasteiger partial charge in [-0.05, 0) is 31.0 Å². The minimum atomic E-state index is 0.991. The van der Waals surface area contributed by atoms with Gasteiger partial charge in [-0.3, -0.25) is 0 Å². The van der Waals surface area contributed by atoms with E-state index in [9.17, 15) is 0 Å². The third kappa shape index (κ3) is 1.23. The summed E-state index contributed by atoms with van der Waals surface area (Å²) in [6.45, 7) is 2.08. The van der Waals surface area contributed by atoms with Crippen molar-refractivity contribution in [3.63, 3.8) is 0 Å². The molecule has 1 heteroatoms. The molecule has 0 N–H and O–H groups in total. The van der Waals surface area contributed by atoms with E-state index in [2.05, 4.69) is 29.9 Å². The maximum Gasteiger partial charge on any atom is 0.0802 e. The molecule has 1 heterocycles. The van der Waals surface area contributed by atoms with Gasteiger partial charge >= 0.3 is 0 Å². The molecule has 1 aromatic rings. The van der Waals surface area contributed by atoms with E-state index >= 15 is 0 Å². The summed E-state index contributed by atoms with van der Waals surface area (Å²) in [5.74, 6) is 2.84. The topological polar surface area (TPSA) is 12.4 Å².